The number of aromatic nitrogens is 2. The van der Waals surface area contributed by atoms with E-state index in [0.717, 1.165) is 5.56 Å². The summed E-state index contributed by atoms with van der Waals surface area (Å²) in [6.45, 7) is -2.46. The first-order valence-corrected chi connectivity index (χ1v) is 6.23. The van der Waals surface area contributed by atoms with Crippen molar-refractivity contribution >= 4 is 5.91 Å². The molecule has 0 atom stereocenters. The molecule has 0 saturated heterocycles. The molecule has 112 valence electrons. The number of carbonyl (C=O) groups is 1. The average Bonchev–Trinajstić information content (AvgIpc) is 2.83. The van der Waals surface area contributed by atoms with E-state index in [1.54, 1.807) is 25.0 Å². The maximum Gasteiger partial charge on any atom is 0.387 e. The van der Waals surface area contributed by atoms with Crippen LogP contribution in [0.3, 0.4) is 0 Å². The van der Waals surface area contributed by atoms with Crippen LogP contribution in [0, 0.1) is 0 Å². The van der Waals surface area contributed by atoms with Crippen LogP contribution in [0.5, 0.6) is 5.75 Å². The highest BCUT2D eigenvalue weighted by molar-refractivity contribution is 5.94. The smallest absolute Gasteiger partial charge is 0.387 e. The number of hydrogen-bond donors (Lipinski definition) is 0. The minimum atomic E-state index is -2.88. The van der Waals surface area contributed by atoms with Crippen LogP contribution in [-0.2, 0) is 13.6 Å². The van der Waals surface area contributed by atoms with Crippen LogP contribution < -0.4 is 4.74 Å². The van der Waals surface area contributed by atoms with Gasteiger partial charge in [-0.2, -0.15) is 13.9 Å². The summed E-state index contributed by atoms with van der Waals surface area (Å²) in [6, 6.07) is 5.61. The Labute approximate surface area is 120 Å². The van der Waals surface area contributed by atoms with Crippen LogP contribution in [0.25, 0.3) is 0 Å². The molecule has 0 aliphatic rings. The summed E-state index contributed by atoms with van der Waals surface area (Å²) >= 11 is 0. The van der Waals surface area contributed by atoms with E-state index in [0.29, 0.717) is 12.1 Å². The number of rotatable bonds is 5. The molecule has 1 amide bonds. The minimum Gasteiger partial charge on any atom is -0.435 e. The van der Waals surface area contributed by atoms with Crippen molar-refractivity contribution in [3.63, 3.8) is 0 Å². The molecule has 0 aliphatic carbocycles. The summed E-state index contributed by atoms with van der Waals surface area (Å²) in [7, 11) is 3.46. The van der Waals surface area contributed by atoms with Gasteiger partial charge in [-0.1, -0.05) is 0 Å². The molecular formula is C14H15F2N3O2. The van der Waals surface area contributed by atoms with Crippen molar-refractivity contribution < 1.29 is 18.3 Å². The largest absolute Gasteiger partial charge is 0.435 e. The molecular weight excluding hydrogens is 280 g/mol. The van der Waals surface area contributed by atoms with Crippen molar-refractivity contribution in [1.29, 1.82) is 0 Å². The number of benzene rings is 1. The van der Waals surface area contributed by atoms with E-state index in [4.69, 9.17) is 0 Å². The normalized spacial score (nSPS) is 10.7. The molecule has 21 heavy (non-hydrogen) atoms. The topological polar surface area (TPSA) is 47.4 Å². The van der Waals surface area contributed by atoms with Crippen molar-refractivity contribution in [3.8, 4) is 5.75 Å². The highest BCUT2D eigenvalue weighted by atomic mass is 19.3. The number of halogens is 2. The van der Waals surface area contributed by atoms with Gasteiger partial charge in [0.2, 0.25) is 0 Å². The zero-order chi connectivity index (χ0) is 15.4. The van der Waals surface area contributed by atoms with Crippen molar-refractivity contribution in [2.24, 2.45) is 7.05 Å². The van der Waals surface area contributed by atoms with E-state index in [1.807, 2.05) is 6.20 Å². The molecule has 0 aliphatic heterocycles. The van der Waals surface area contributed by atoms with E-state index in [-0.39, 0.29) is 11.7 Å². The van der Waals surface area contributed by atoms with Gasteiger partial charge in [-0.05, 0) is 24.3 Å². The molecule has 0 saturated carbocycles. The van der Waals surface area contributed by atoms with Crippen LogP contribution in [0.4, 0.5) is 8.78 Å². The Morgan fingerprint density at radius 3 is 2.57 bits per heavy atom. The molecule has 0 N–H and O–H groups in total. The molecule has 0 unspecified atom stereocenters. The molecule has 0 fully saturated rings. The number of aryl methyl sites for hydroxylation is 1. The van der Waals surface area contributed by atoms with Gasteiger partial charge < -0.3 is 9.64 Å². The minimum absolute atomic E-state index is 0.0245. The lowest BCUT2D eigenvalue weighted by molar-refractivity contribution is -0.0498. The average molecular weight is 295 g/mol. The Kier molecular flexibility index (Phi) is 4.52. The van der Waals surface area contributed by atoms with Gasteiger partial charge in [-0.15, -0.1) is 0 Å². The summed E-state index contributed by atoms with van der Waals surface area (Å²) in [5, 5.41) is 4.03. The molecule has 0 spiro atoms. The van der Waals surface area contributed by atoms with Gasteiger partial charge in [-0.3, -0.25) is 9.48 Å². The molecule has 1 heterocycles. The van der Waals surface area contributed by atoms with Crippen molar-refractivity contribution in [1.82, 2.24) is 14.7 Å². The number of nitrogens with zero attached hydrogens (tertiary/aromatic N) is 3. The van der Waals surface area contributed by atoms with Gasteiger partial charge >= 0.3 is 6.61 Å². The Bertz CT molecular complexity index is 611. The summed E-state index contributed by atoms with van der Waals surface area (Å²) in [4.78, 5) is 13.7. The Morgan fingerprint density at radius 2 is 2.05 bits per heavy atom. The first-order valence-electron chi connectivity index (χ1n) is 6.23. The van der Waals surface area contributed by atoms with Gasteiger partial charge in [0.15, 0.2) is 0 Å². The van der Waals surface area contributed by atoms with Crippen LogP contribution in [0.1, 0.15) is 15.9 Å². The number of ether oxygens (including phenoxy) is 1. The highest BCUT2D eigenvalue weighted by Crippen LogP contribution is 2.16. The molecule has 7 heteroatoms. The second-order valence-electron chi connectivity index (χ2n) is 4.59. The number of amides is 1. The summed E-state index contributed by atoms with van der Waals surface area (Å²) in [5.41, 5.74) is 1.31. The van der Waals surface area contributed by atoms with Crippen molar-refractivity contribution in [2.45, 2.75) is 13.2 Å². The molecule has 2 rings (SSSR count). The number of carbonyl (C=O) groups excluding carboxylic acids is 1. The van der Waals surface area contributed by atoms with Crippen LogP contribution >= 0.6 is 0 Å². The van der Waals surface area contributed by atoms with E-state index in [2.05, 4.69) is 9.84 Å². The quantitative estimate of drug-likeness (QED) is 0.850. The van der Waals surface area contributed by atoms with E-state index in [1.165, 1.54) is 29.2 Å². The lowest BCUT2D eigenvalue weighted by Crippen LogP contribution is -2.26. The zero-order valence-corrected chi connectivity index (χ0v) is 11.7. The molecule has 1 aromatic carbocycles. The summed E-state index contributed by atoms with van der Waals surface area (Å²) in [5.74, 6) is -0.182. The standard InChI is InChI=1S/C14H15F2N3O2/c1-18(8-10-7-17-19(2)9-10)13(20)11-3-5-12(6-4-11)21-14(15)16/h3-7,9,14H,8H2,1-2H3. The molecule has 1 aromatic heterocycles. The third-order valence-electron chi connectivity index (χ3n) is 2.85. The lowest BCUT2D eigenvalue weighted by atomic mass is 10.2. The fourth-order valence-corrected chi connectivity index (χ4v) is 1.90. The SMILES string of the molecule is CN(Cc1cnn(C)c1)C(=O)c1ccc(OC(F)F)cc1. The first-order chi connectivity index (χ1) is 9.95. The van der Waals surface area contributed by atoms with Crippen LogP contribution in [0.15, 0.2) is 36.7 Å². The molecule has 0 radical (unpaired) electrons. The molecule has 0 bridgehead atoms. The van der Waals surface area contributed by atoms with Crippen molar-refractivity contribution in [3.05, 3.63) is 47.8 Å². The number of hydrogen-bond acceptors (Lipinski definition) is 3. The summed E-state index contributed by atoms with van der Waals surface area (Å²) in [6.07, 6.45) is 3.51. The van der Waals surface area contributed by atoms with E-state index in [9.17, 15) is 13.6 Å². The van der Waals surface area contributed by atoms with E-state index < -0.39 is 6.61 Å². The van der Waals surface area contributed by atoms with Crippen LogP contribution in [0.2, 0.25) is 0 Å². The lowest BCUT2D eigenvalue weighted by Gasteiger charge is -2.16. The monoisotopic (exact) mass is 295 g/mol. The summed E-state index contributed by atoms with van der Waals surface area (Å²) < 4.78 is 30.0. The van der Waals surface area contributed by atoms with Crippen molar-refractivity contribution in [2.75, 3.05) is 7.05 Å². The maximum absolute atomic E-state index is 12.2. The predicted molar refractivity (Wildman–Crippen MR) is 72.1 cm³/mol. The fraction of sp³-hybridized carbons (Fsp3) is 0.286. The second kappa shape index (κ2) is 6.34. The van der Waals surface area contributed by atoms with Gasteiger partial charge in [0.05, 0.1) is 6.20 Å². The maximum atomic E-state index is 12.2. The highest BCUT2D eigenvalue weighted by Gasteiger charge is 2.13. The van der Waals surface area contributed by atoms with Gasteiger partial charge in [0, 0.05) is 38.0 Å². The van der Waals surface area contributed by atoms with Gasteiger partial charge in [0.1, 0.15) is 5.75 Å². The van der Waals surface area contributed by atoms with Gasteiger partial charge in [0.25, 0.3) is 5.91 Å². The predicted octanol–water partition coefficient (Wildman–Crippen LogP) is 2.29. The van der Waals surface area contributed by atoms with E-state index >= 15 is 0 Å². The first kappa shape index (κ1) is 15.0. The Morgan fingerprint density at radius 1 is 1.38 bits per heavy atom. The third-order valence-corrected chi connectivity index (χ3v) is 2.85. The van der Waals surface area contributed by atoms with Crippen LogP contribution in [-0.4, -0.2) is 34.2 Å². The zero-order valence-electron chi connectivity index (χ0n) is 11.7. The molecule has 5 nitrogen and oxygen atoms in total. The van der Waals surface area contributed by atoms with Gasteiger partial charge in [-0.25, -0.2) is 0 Å². The second-order valence-corrected chi connectivity index (χ2v) is 4.59. The fourth-order valence-electron chi connectivity index (χ4n) is 1.90. The number of alkyl halides is 2. The third kappa shape index (κ3) is 4.01. The Balaban J connectivity index is 2.01. The molecule has 2 aromatic rings. The Hall–Kier alpha value is -2.44.